The maximum absolute atomic E-state index is 14.2. The van der Waals surface area contributed by atoms with Crippen molar-refractivity contribution in [1.29, 1.82) is 0 Å². The van der Waals surface area contributed by atoms with Gasteiger partial charge in [-0.3, -0.25) is 0 Å². The van der Waals surface area contributed by atoms with Crippen molar-refractivity contribution in [3.05, 3.63) is 60.7 Å². The van der Waals surface area contributed by atoms with E-state index in [9.17, 15) is 14.4 Å². The van der Waals surface area contributed by atoms with Gasteiger partial charge in [-0.25, -0.2) is 0 Å². The van der Waals surface area contributed by atoms with E-state index < -0.39 is 40.4 Å². The summed E-state index contributed by atoms with van der Waals surface area (Å²) in [6.07, 6.45) is 0.382. The first-order valence-corrected chi connectivity index (χ1v) is 17.0. The zero-order valence-electron chi connectivity index (χ0n) is 23.9. The van der Waals surface area contributed by atoms with Gasteiger partial charge in [0, 0.05) is 0 Å². The Morgan fingerprint density at radius 2 is 1.28 bits per heavy atom. The van der Waals surface area contributed by atoms with Crippen LogP contribution in [0.4, 0.5) is 0 Å². The molecule has 0 bridgehead atoms. The van der Waals surface area contributed by atoms with Crippen molar-refractivity contribution >= 4 is 56.7 Å². The molecular weight excluding hydrogens is 626 g/mol. The van der Waals surface area contributed by atoms with Crippen LogP contribution in [0.5, 0.6) is 0 Å². The third-order valence-corrected chi connectivity index (χ3v) is 13.3. The Hall–Kier alpha value is -2.11. The Morgan fingerprint density at radius 1 is 0.821 bits per heavy atom. The van der Waals surface area contributed by atoms with Crippen molar-refractivity contribution in [2.24, 2.45) is 17.3 Å². The first-order valence-electron chi connectivity index (χ1n) is 13.3. The second kappa shape index (κ2) is 13.0. The average Bonchev–Trinajstić information content (AvgIpc) is 3.26. The molecule has 3 atom stereocenters. The predicted octanol–water partition coefficient (Wildman–Crippen LogP) is 4.05. The maximum atomic E-state index is 14.2. The fourth-order valence-corrected chi connectivity index (χ4v) is 12.5. The van der Waals surface area contributed by atoms with E-state index in [4.69, 9.17) is 14.2 Å². The molecule has 6 nitrogen and oxygen atoms in total. The summed E-state index contributed by atoms with van der Waals surface area (Å²) in [7, 11) is 0. The molecule has 0 amide bonds. The van der Waals surface area contributed by atoms with Crippen molar-refractivity contribution < 1.29 is 28.6 Å². The molecule has 1 aliphatic carbocycles. The summed E-state index contributed by atoms with van der Waals surface area (Å²) in [6, 6.07) is 20.2. The van der Waals surface area contributed by atoms with E-state index in [0.29, 0.717) is 0 Å². The molecule has 1 fully saturated rings. The van der Waals surface area contributed by atoms with Crippen molar-refractivity contribution in [3.63, 3.8) is 0 Å². The minimum absolute atomic E-state index is 0.183. The van der Waals surface area contributed by atoms with Gasteiger partial charge in [0.15, 0.2) is 0 Å². The fourth-order valence-electron chi connectivity index (χ4n) is 4.70. The summed E-state index contributed by atoms with van der Waals surface area (Å²) in [4.78, 5) is 41.4. The van der Waals surface area contributed by atoms with Crippen LogP contribution in [-0.2, 0) is 28.6 Å². The topological polar surface area (TPSA) is 78.9 Å². The molecule has 0 unspecified atom stereocenters. The monoisotopic (exact) mass is 668 g/mol. The van der Waals surface area contributed by atoms with E-state index in [1.807, 2.05) is 77.9 Å². The van der Waals surface area contributed by atoms with E-state index >= 15 is 0 Å². The van der Waals surface area contributed by atoms with Gasteiger partial charge in [0.1, 0.15) is 0 Å². The molecule has 0 aliphatic heterocycles. The Morgan fingerprint density at radius 3 is 1.72 bits per heavy atom. The predicted molar refractivity (Wildman–Crippen MR) is 154 cm³/mol. The summed E-state index contributed by atoms with van der Waals surface area (Å²) in [5.74, 6) is -2.71. The van der Waals surface area contributed by atoms with Crippen LogP contribution in [0.15, 0.2) is 60.7 Å². The molecule has 2 aromatic carbocycles. The molecule has 212 valence electrons. The number of carbonyl (C=O) groups excluding carboxylic acids is 3. The van der Waals surface area contributed by atoms with Gasteiger partial charge < -0.3 is 0 Å². The van der Waals surface area contributed by atoms with Crippen LogP contribution in [-0.4, -0.2) is 65.6 Å². The standard InChI is InChI=1S/C31H40O6Se2/c1-8-35-27(34)31(28(38-22-15-11-9-12-16-22)39-23-17-13-10-14-18-23)20-21(25(32)36-29(2,3)4)19-24(31)26(33)37-30(5,6)7/h9-18,21,24,28H,8,19-20H2,1-7H3/t21-,24-,31-/m0/s1. The van der Waals surface area contributed by atoms with Crippen molar-refractivity contribution in [2.45, 2.75) is 76.2 Å². The zero-order valence-corrected chi connectivity index (χ0v) is 27.3. The van der Waals surface area contributed by atoms with Crippen LogP contribution >= 0.6 is 0 Å². The van der Waals surface area contributed by atoms with Gasteiger partial charge in [0.2, 0.25) is 0 Å². The number of benzene rings is 2. The Labute approximate surface area is 245 Å². The third kappa shape index (κ3) is 8.44. The molecule has 0 heterocycles. The third-order valence-electron chi connectivity index (χ3n) is 6.21. The van der Waals surface area contributed by atoms with Crippen molar-refractivity contribution in [2.75, 3.05) is 6.61 Å². The van der Waals surface area contributed by atoms with Crippen LogP contribution in [0.3, 0.4) is 0 Å². The van der Waals surface area contributed by atoms with E-state index in [-0.39, 0.29) is 59.0 Å². The molecular formula is C31H40O6Se2. The van der Waals surface area contributed by atoms with Gasteiger partial charge in [0.25, 0.3) is 0 Å². The van der Waals surface area contributed by atoms with Crippen molar-refractivity contribution in [3.8, 4) is 0 Å². The molecule has 8 heteroatoms. The van der Waals surface area contributed by atoms with Crippen molar-refractivity contribution in [1.82, 2.24) is 0 Å². The molecule has 1 saturated carbocycles. The first-order chi connectivity index (χ1) is 18.2. The number of esters is 3. The fraction of sp³-hybridized carbons (Fsp3) is 0.516. The minimum atomic E-state index is -1.22. The van der Waals surface area contributed by atoms with Crippen LogP contribution in [0.2, 0.25) is 3.71 Å². The quantitative estimate of drug-likeness (QED) is 0.229. The van der Waals surface area contributed by atoms with Gasteiger partial charge in [-0.2, -0.15) is 0 Å². The molecule has 2 aromatic rings. The SMILES string of the molecule is CCOC(=O)[C@]1(C([Se]c2ccccc2)[Se]c2ccccc2)C[C@@H](C(=O)OC(C)(C)C)C[C@H]1C(=O)OC(C)(C)C. The summed E-state index contributed by atoms with van der Waals surface area (Å²) >= 11 is -0.375. The molecule has 0 aromatic heterocycles. The molecule has 0 saturated heterocycles. The number of hydrogen-bond acceptors (Lipinski definition) is 6. The first kappa shape index (κ1) is 31.4. The average molecular weight is 667 g/mol. The van der Waals surface area contributed by atoms with Gasteiger partial charge in [-0.05, 0) is 0 Å². The van der Waals surface area contributed by atoms with Crippen LogP contribution in [0.1, 0.15) is 61.3 Å². The Balaban J connectivity index is 2.18. The summed E-state index contributed by atoms with van der Waals surface area (Å²) in [5.41, 5.74) is -2.65. The summed E-state index contributed by atoms with van der Waals surface area (Å²) in [5, 5.41) is 0. The molecule has 39 heavy (non-hydrogen) atoms. The summed E-state index contributed by atoms with van der Waals surface area (Å²) in [6.45, 7) is 12.9. The molecule has 0 spiro atoms. The van der Waals surface area contributed by atoms with Crippen LogP contribution in [0.25, 0.3) is 0 Å². The molecule has 0 N–H and O–H groups in total. The Kier molecular flexibility index (Phi) is 10.5. The van der Waals surface area contributed by atoms with E-state index in [0.717, 1.165) is 8.92 Å². The molecule has 0 radical (unpaired) electrons. The van der Waals surface area contributed by atoms with Gasteiger partial charge in [-0.1, -0.05) is 0 Å². The summed E-state index contributed by atoms with van der Waals surface area (Å²) < 4.78 is 19.5. The van der Waals surface area contributed by atoms with E-state index in [1.165, 1.54) is 0 Å². The van der Waals surface area contributed by atoms with Gasteiger partial charge in [0.05, 0.1) is 0 Å². The molecule has 3 rings (SSSR count). The second-order valence-corrected chi connectivity index (χ2v) is 18.2. The normalized spacial score (nSPS) is 21.4. The number of ether oxygens (including phenoxy) is 3. The van der Waals surface area contributed by atoms with E-state index in [1.54, 1.807) is 6.92 Å². The van der Waals surface area contributed by atoms with E-state index in [2.05, 4.69) is 24.3 Å². The van der Waals surface area contributed by atoms with Crippen LogP contribution < -0.4 is 8.92 Å². The zero-order chi connectivity index (χ0) is 28.8. The number of hydrogen-bond donors (Lipinski definition) is 0. The second-order valence-electron chi connectivity index (χ2n) is 11.7. The number of rotatable bonds is 9. The van der Waals surface area contributed by atoms with Crippen LogP contribution in [0, 0.1) is 17.3 Å². The Bertz CT molecular complexity index is 1080. The number of carbonyl (C=O) groups is 3. The van der Waals surface area contributed by atoms with Gasteiger partial charge in [-0.15, -0.1) is 0 Å². The van der Waals surface area contributed by atoms with Gasteiger partial charge >= 0.3 is 246 Å². The molecule has 1 aliphatic rings.